The van der Waals surface area contributed by atoms with Crippen LogP contribution in [0, 0.1) is 11.2 Å². The summed E-state index contributed by atoms with van der Waals surface area (Å²) in [5.74, 6) is -0.623. The molecule has 39 heavy (non-hydrogen) atoms. The van der Waals surface area contributed by atoms with Gasteiger partial charge in [0.2, 0.25) is 5.91 Å². The van der Waals surface area contributed by atoms with Crippen LogP contribution in [0.4, 0.5) is 10.2 Å². The number of nitrogens with zero attached hydrogens (tertiary/aromatic N) is 5. The van der Waals surface area contributed by atoms with Gasteiger partial charge in [-0.2, -0.15) is 4.98 Å². The highest BCUT2D eigenvalue weighted by Gasteiger charge is 2.50. The summed E-state index contributed by atoms with van der Waals surface area (Å²) in [5, 5.41) is 11.3. The second-order valence-corrected chi connectivity index (χ2v) is 11.5. The van der Waals surface area contributed by atoms with Gasteiger partial charge in [0, 0.05) is 31.7 Å². The molecular weight excluding hydrogens is 521 g/mol. The SMILES string of the molecule is C=CC(=O)N1CCN(c2nc(=O)n(C3CCC34CCCC4)c3nc(-c4c(O)cccc4F)c(Cl)cc23)[C@@H](C)C1. The number of phenols is 1. The van der Waals surface area contributed by atoms with E-state index < -0.39 is 11.5 Å². The van der Waals surface area contributed by atoms with E-state index in [0.29, 0.717) is 36.5 Å². The van der Waals surface area contributed by atoms with E-state index >= 15 is 0 Å². The minimum Gasteiger partial charge on any atom is -0.507 e. The molecule has 2 saturated carbocycles. The monoisotopic (exact) mass is 551 g/mol. The van der Waals surface area contributed by atoms with Gasteiger partial charge in [-0.25, -0.2) is 14.2 Å². The molecule has 1 unspecified atom stereocenters. The normalized spacial score (nSPS) is 22.3. The molecule has 2 aliphatic carbocycles. The number of aromatic hydroxyl groups is 1. The quantitative estimate of drug-likeness (QED) is 0.455. The number of amides is 1. The first-order valence-electron chi connectivity index (χ1n) is 13.5. The molecule has 3 aromatic rings. The van der Waals surface area contributed by atoms with Gasteiger partial charge < -0.3 is 14.9 Å². The summed E-state index contributed by atoms with van der Waals surface area (Å²) in [6, 6.07) is 5.54. The highest BCUT2D eigenvalue weighted by molar-refractivity contribution is 6.34. The molecule has 2 atom stereocenters. The van der Waals surface area contributed by atoms with Crippen molar-refractivity contribution >= 4 is 34.4 Å². The first-order chi connectivity index (χ1) is 18.7. The lowest BCUT2D eigenvalue weighted by molar-refractivity contribution is -0.126. The van der Waals surface area contributed by atoms with Crippen molar-refractivity contribution in [1.82, 2.24) is 19.4 Å². The van der Waals surface area contributed by atoms with E-state index in [1.807, 2.05) is 11.8 Å². The largest absolute Gasteiger partial charge is 0.507 e. The van der Waals surface area contributed by atoms with Gasteiger partial charge in [0.25, 0.3) is 0 Å². The number of fused-ring (bicyclic) bond motifs is 1. The molecule has 3 heterocycles. The fourth-order valence-corrected chi connectivity index (χ4v) is 7.14. The number of halogens is 2. The molecule has 3 aliphatic rings. The van der Waals surface area contributed by atoms with Crippen molar-refractivity contribution in [1.29, 1.82) is 0 Å². The fraction of sp³-hybridized carbons (Fsp3) is 0.448. The number of anilines is 1. The molecule has 204 valence electrons. The predicted octanol–water partition coefficient (Wildman–Crippen LogP) is 5.08. The lowest BCUT2D eigenvalue weighted by Crippen LogP contribution is -2.54. The Bertz CT molecular complexity index is 1530. The van der Waals surface area contributed by atoms with E-state index in [9.17, 15) is 19.1 Å². The number of carbonyl (C=O) groups excluding carboxylic acids is 1. The van der Waals surface area contributed by atoms with Crippen molar-refractivity contribution in [3.63, 3.8) is 0 Å². The van der Waals surface area contributed by atoms with Gasteiger partial charge in [0.15, 0.2) is 0 Å². The topological polar surface area (TPSA) is 91.6 Å². The van der Waals surface area contributed by atoms with E-state index in [-0.39, 0.29) is 45.4 Å². The zero-order valence-electron chi connectivity index (χ0n) is 21.9. The number of aromatic nitrogens is 3. The number of carbonyl (C=O) groups is 1. The van der Waals surface area contributed by atoms with Gasteiger partial charge >= 0.3 is 5.69 Å². The predicted molar refractivity (Wildman–Crippen MR) is 149 cm³/mol. The summed E-state index contributed by atoms with van der Waals surface area (Å²) >= 11 is 6.71. The summed E-state index contributed by atoms with van der Waals surface area (Å²) in [5.41, 5.74) is 0.0183. The lowest BCUT2D eigenvalue weighted by atomic mass is 9.63. The number of rotatable bonds is 4. The van der Waals surface area contributed by atoms with E-state index in [0.717, 1.165) is 38.5 Å². The minimum absolute atomic E-state index is 0.0472. The van der Waals surface area contributed by atoms with Crippen LogP contribution in [0.3, 0.4) is 0 Å². The summed E-state index contributed by atoms with van der Waals surface area (Å²) in [6.45, 7) is 6.93. The Morgan fingerprint density at radius 3 is 2.64 bits per heavy atom. The van der Waals surface area contributed by atoms with Crippen LogP contribution < -0.4 is 10.6 Å². The van der Waals surface area contributed by atoms with Crippen molar-refractivity contribution in [3.8, 4) is 17.0 Å². The zero-order chi connectivity index (χ0) is 27.5. The molecule has 0 bridgehead atoms. The molecule has 3 fully saturated rings. The first-order valence-corrected chi connectivity index (χ1v) is 13.9. The molecular formula is C29H31ClFN5O3. The van der Waals surface area contributed by atoms with Crippen LogP contribution in [-0.2, 0) is 4.79 Å². The molecule has 1 aromatic carbocycles. The van der Waals surface area contributed by atoms with Crippen molar-refractivity contribution in [2.75, 3.05) is 24.5 Å². The second-order valence-electron chi connectivity index (χ2n) is 11.1. The maximum Gasteiger partial charge on any atom is 0.351 e. The zero-order valence-corrected chi connectivity index (χ0v) is 22.6. The molecule has 10 heteroatoms. The average Bonchev–Trinajstić information content (AvgIpc) is 3.42. The fourth-order valence-electron chi connectivity index (χ4n) is 6.89. The standard InChI is InChI=1S/C29H31ClFN5O3/c1-3-23(38)34-13-14-35(17(2)16-34)26-18-15-19(30)25(24-20(31)7-6-8-21(24)37)32-27(18)36(28(39)33-26)22-9-12-29(22)10-4-5-11-29/h3,6-8,15,17,22,37H,1,4-5,9-14,16H2,2H3/t17-,22?/m0/s1. The highest BCUT2D eigenvalue weighted by Crippen LogP contribution is 2.59. The molecule has 1 spiro atoms. The van der Waals surface area contributed by atoms with Crippen LogP contribution in [0.1, 0.15) is 51.5 Å². The van der Waals surface area contributed by atoms with Crippen LogP contribution in [-0.4, -0.2) is 56.1 Å². The third-order valence-corrected chi connectivity index (χ3v) is 9.27. The Labute approximate surface area is 230 Å². The van der Waals surface area contributed by atoms with Gasteiger partial charge in [-0.3, -0.25) is 9.36 Å². The van der Waals surface area contributed by atoms with Gasteiger partial charge in [-0.1, -0.05) is 37.1 Å². The molecule has 1 amide bonds. The van der Waals surface area contributed by atoms with E-state index in [4.69, 9.17) is 16.6 Å². The number of benzene rings is 1. The van der Waals surface area contributed by atoms with Crippen LogP contribution in [0.5, 0.6) is 5.75 Å². The van der Waals surface area contributed by atoms with Crippen LogP contribution >= 0.6 is 11.6 Å². The number of pyridine rings is 1. The average molecular weight is 552 g/mol. The van der Waals surface area contributed by atoms with Crippen LogP contribution in [0.15, 0.2) is 41.7 Å². The molecule has 0 radical (unpaired) electrons. The maximum absolute atomic E-state index is 14.9. The number of hydrogen-bond acceptors (Lipinski definition) is 6. The van der Waals surface area contributed by atoms with E-state index in [1.165, 1.54) is 24.3 Å². The molecule has 8 nitrogen and oxygen atoms in total. The van der Waals surface area contributed by atoms with Crippen molar-refractivity contribution < 1.29 is 14.3 Å². The highest BCUT2D eigenvalue weighted by atomic mass is 35.5. The smallest absolute Gasteiger partial charge is 0.351 e. The Hall–Kier alpha value is -3.46. The number of phenolic OH excluding ortho intramolecular Hbond substituents is 1. The minimum atomic E-state index is -0.653. The Morgan fingerprint density at radius 1 is 1.23 bits per heavy atom. The third-order valence-electron chi connectivity index (χ3n) is 8.98. The molecule has 1 N–H and O–H groups in total. The van der Waals surface area contributed by atoms with Crippen molar-refractivity contribution in [2.24, 2.45) is 5.41 Å². The molecule has 6 rings (SSSR count). The second kappa shape index (κ2) is 9.62. The van der Waals surface area contributed by atoms with Crippen LogP contribution in [0.25, 0.3) is 22.3 Å². The van der Waals surface area contributed by atoms with Gasteiger partial charge in [-0.15, -0.1) is 0 Å². The van der Waals surface area contributed by atoms with E-state index in [1.54, 1.807) is 15.5 Å². The molecule has 1 saturated heterocycles. The van der Waals surface area contributed by atoms with Gasteiger partial charge in [0.1, 0.15) is 23.0 Å². The summed E-state index contributed by atoms with van der Waals surface area (Å²) < 4.78 is 16.6. The van der Waals surface area contributed by atoms with Gasteiger partial charge in [-0.05, 0) is 62.3 Å². The summed E-state index contributed by atoms with van der Waals surface area (Å²) in [6.07, 6.45) is 7.58. The summed E-state index contributed by atoms with van der Waals surface area (Å²) in [7, 11) is 0. The Kier molecular flexibility index (Phi) is 6.37. The lowest BCUT2D eigenvalue weighted by Gasteiger charge is -2.48. The van der Waals surface area contributed by atoms with Crippen molar-refractivity contribution in [3.05, 3.63) is 58.2 Å². The Morgan fingerprint density at radius 2 is 2.00 bits per heavy atom. The first kappa shape index (κ1) is 25.8. The molecule has 2 aromatic heterocycles. The molecule has 1 aliphatic heterocycles. The number of hydrogen-bond donors (Lipinski definition) is 1. The van der Waals surface area contributed by atoms with E-state index in [2.05, 4.69) is 11.6 Å². The van der Waals surface area contributed by atoms with Gasteiger partial charge in [0.05, 0.1) is 21.7 Å². The maximum atomic E-state index is 14.9. The third kappa shape index (κ3) is 4.09. The van der Waals surface area contributed by atoms with Crippen molar-refractivity contribution in [2.45, 2.75) is 57.5 Å². The number of piperazine rings is 1. The van der Waals surface area contributed by atoms with Crippen LogP contribution in [0.2, 0.25) is 5.02 Å². The Balaban J connectivity index is 1.55. The summed E-state index contributed by atoms with van der Waals surface area (Å²) in [4.78, 5) is 39.2.